The molecule has 0 bridgehead atoms. The van der Waals surface area contributed by atoms with E-state index in [1.54, 1.807) is 11.3 Å². The van der Waals surface area contributed by atoms with E-state index in [0.717, 1.165) is 28.2 Å². The van der Waals surface area contributed by atoms with E-state index >= 15 is 0 Å². The number of para-hydroxylation sites is 2. The number of rotatable bonds is 2. The van der Waals surface area contributed by atoms with Gasteiger partial charge in [-0.15, -0.1) is 11.3 Å². The summed E-state index contributed by atoms with van der Waals surface area (Å²) in [4.78, 5) is 13.7. The predicted octanol–water partition coefficient (Wildman–Crippen LogP) is 2.34. The Morgan fingerprint density at radius 1 is 1.33 bits per heavy atom. The summed E-state index contributed by atoms with van der Waals surface area (Å²) >= 11 is 1.65. The van der Waals surface area contributed by atoms with Crippen LogP contribution in [0, 0.1) is 0 Å². The third-order valence-corrected chi connectivity index (χ3v) is 4.49. The monoisotopic (exact) mass is 298 g/mol. The van der Waals surface area contributed by atoms with Crippen molar-refractivity contribution in [2.24, 2.45) is 10.7 Å². The summed E-state index contributed by atoms with van der Waals surface area (Å²) in [6, 6.07) is 7.98. The summed E-state index contributed by atoms with van der Waals surface area (Å²) in [5.74, 6) is 1.08. The van der Waals surface area contributed by atoms with Crippen LogP contribution in [0.5, 0.6) is 0 Å². The molecule has 1 unspecified atom stereocenters. The molecule has 3 aromatic rings. The Hall–Kier alpha value is -2.41. The van der Waals surface area contributed by atoms with Crippen molar-refractivity contribution < 1.29 is 0 Å². The smallest absolute Gasteiger partial charge is 0.212 e. The zero-order valence-electron chi connectivity index (χ0n) is 11.4. The number of hydrogen-bond acceptors (Lipinski definition) is 6. The Morgan fingerprint density at radius 2 is 2.19 bits per heavy atom. The van der Waals surface area contributed by atoms with Crippen LogP contribution in [0.15, 0.2) is 34.6 Å². The van der Waals surface area contributed by atoms with Crippen LogP contribution >= 0.6 is 11.3 Å². The normalized spacial score (nSPS) is 17.4. The molecule has 0 saturated carbocycles. The number of nitrogens with two attached hydrogens (primary N) is 1. The highest BCUT2D eigenvalue weighted by molar-refractivity contribution is 7.09. The van der Waals surface area contributed by atoms with Crippen molar-refractivity contribution in [2.75, 3.05) is 5.32 Å². The minimum atomic E-state index is -0.259. The molecule has 1 aromatic carbocycles. The molecule has 3 heterocycles. The van der Waals surface area contributed by atoms with E-state index < -0.39 is 0 Å². The summed E-state index contributed by atoms with van der Waals surface area (Å²) in [6.45, 7) is 2.10. The first-order valence-corrected chi connectivity index (χ1v) is 7.66. The topological polar surface area (TPSA) is 81.1 Å². The minimum absolute atomic E-state index is 0.259. The van der Waals surface area contributed by atoms with Gasteiger partial charge in [-0.3, -0.25) is 9.88 Å². The van der Waals surface area contributed by atoms with Gasteiger partial charge >= 0.3 is 0 Å². The molecule has 2 aromatic heterocycles. The maximum absolute atomic E-state index is 5.90. The molecule has 0 spiro atoms. The predicted molar refractivity (Wildman–Crippen MR) is 84.6 cm³/mol. The van der Waals surface area contributed by atoms with E-state index in [-0.39, 0.29) is 6.17 Å². The van der Waals surface area contributed by atoms with Crippen LogP contribution in [0.3, 0.4) is 0 Å². The van der Waals surface area contributed by atoms with E-state index in [1.807, 2.05) is 34.2 Å². The highest BCUT2D eigenvalue weighted by Crippen LogP contribution is 2.32. The lowest BCUT2D eigenvalue weighted by Gasteiger charge is -2.22. The molecule has 3 N–H and O–H groups in total. The fraction of sp³-hybridized carbons (Fsp3) is 0.214. The van der Waals surface area contributed by atoms with Crippen LogP contribution < -0.4 is 11.1 Å². The number of nitrogens with zero attached hydrogens (tertiary/aromatic N) is 4. The van der Waals surface area contributed by atoms with E-state index in [4.69, 9.17) is 5.73 Å². The number of nitrogens with one attached hydrogen (secondary N) is 1. The Bertz CT molecular complexity index is 846. The number of fused-ring (bicyclic) bond motifs is 3. The zero-order valence-corrected chi connectivity index (χ0v) is 12.3. The Labute approximate surface area is 125 Å². The van der Waals surface area contributed by atoms with Gasteiger partial charge in [0.25, 0.3) is 0 Å². The third kappa shape index (κ3) is 1.89. The molecule has 106 valence electrons. The lowest BCUT2D eigenvalue weighted by molar-refractivity contribution is 0.610. The molecule has 0 aliphatic carbocycles. The fourth-order valence-corrected chi connectivity index (χ4v) is 3.28. The zero-order chi connectivity index (χ0) is 14.4. The Morgan fingerprint density at radius 3 is 3.00 bits per heavy atom. The Balaban J connectivity index is 1.93. The van der Waals surface area contributed by atoms with Crippen LogP contribution in [0.4, 0.5) is 5.95 Å². The van der Waals surface area contributed by atoms with Crippen molar-refractivity contribution in [3.8, 4) is 0 Å². The van der Waals surface area contributed by atoms with Crippen molar-refractivity contribution in [2.45, 2.75) is 19.5 Å². The standard InChI is InChI=1S/C14H14N6S/c1-2-11-16-9(7-21-11)12-18-13(15)19-14-17-8-5-3-4-6-10(8)20(12)14/h3-7,12H,2H2,1H3,(H3,15,17,18,19). The molecule has 6 nitrogen and oxygen atoms in total. The number of aromatic nitrogens is 3. The molecule has 21 heavy (non-hydrogen) atoms. The first-order valence-electron chi connectivity index (χ1n) is 6.78. The lowest BCUT2D eigenvalue weighted by atomic mass is 10.3. The number of guanidine groups is 1. The molecular formula is C14H14N6S. The number of aryl methyl sites for hydroxylation is 1. The van der Waals surface area contributed by atoms with Crippen LogP contribution in [0.1, 0.15) is 23.8 Å². The van der Waals surface area contributed by atoms with Gasteiger partial charge < -0.3 is 5.73 Å². The largest absolute Gasteiger partial charge is 0.370 e. The second-order valence-corrected chi connectivity index (χ2v) is 5.77. The quantitative estimate of drug-likeness (QED) is 0.761. The van der Waals surface area contributed by atoms with Crippen molar-refractivity contribution in [1.29, 1.82) is 0 Å². The second-order valence-electron chi connectivity index (χ2n) is 4.83. The molecule has 1 atom stereocenters. The van der Waals surface area contributed by atoms with Crippen LogP contribution in [0.2, 0.25) is 0 Å². The van der Waals surface area contributed by atoms with E-state index in [0.29, 0.717) is 11.9 Å². The van der Waals surface area contributed by atoms with Crippen LogP contribution in [-0.2, 0) is 6.42 Å². The van der Waals surface area contributed by atoms with Crippen molar-refractivity contribution >= 4 is 34.3 Å². The number of imidazole rings is 1. The first-order chi connectivity index (χ1) is 10.3. The van der Waals surface area contributed by atoms with E-state index in [9.17, 15) is 0 Å². The van der Waals surface area contributed by atoms with Gasteiger partial charge in [-0.1, -0.05) is 19.1 Å². The number of hydrogen-bond donors (Lipinski definition) is 2. The molecule has 0 amide bonds. The molecule has 0 fully saturated rings. The summed E-state index contributed by atoms with van der Waals surface area (Å²) in [5, 5.41) is 6.17. The third-order valence-electron chi connectivity index (χ3n) is 3.48. The van der Waals surface area contributed by atoms with Gasteiger partial charge in [-0.2, -0.15) is 0 Å². The average Bonchev–Trinajstić information content (AvgIpc) is 3.10. The summed E-state index contributed by atoms with van der Waals surface area (Å²) < 4.78 is 2.04. The SMILES string of the molecule is CCc1nc(C2N=C(N)Nc3nc4ccccc4n32)cs1. The molecule has 7 heteroatoms. The van der Waals surface area contributed by atoms with Crippen LogP contribution in [-0.4, -0.2) is 20.5 Å². The van der Waals surface area contributed by atoms with E-state index in [2.05, 4.69) is 27.2 Å². The Kier molecular flexibility index (Phi) is 2.68. The summed E-state index contributed by atoms with van der Waals surface area (Å²) in [5.41, 5.74) is 8.75. The molecule has 4 rings (SSSR count). The average molecular weight is 298 g/mol. The molecular weight excluding hydrogens is 284 g/mol. The van der Waals surface area contributed by atoms with Gasteiger partial charge in [0.15, 0.2) is 12.1 Å². The first kappa shape index (κ1) is 12.3. The number of anilines is 1. The number of benzene rings is 1. The van der Waals surface area contributed by atoms with Gasteiger partial charge in [0.05, 0.1) is 21.7 Å². The summed E-state index contributed by atoms with van der Waals surface area (Å²) in [7, 11) is 0. The fourth-order valence-electron chi connectivity index (χ4n) is 2.52. The molecule has 1 aliphatic heterocycles. The van der Waals surface area contributed by atoms with E-state index in [1.165, 1.54) is 0 Å². The maximum atomic E-state index is 5.90. The number of aliphatic imine (C=N–C) groups is 1. The van der Waals surface area contributed by atoms with Gasteiger partial charge in [-0.25, -0.2) is 15.0 Å². The van der Waals surface area contributed by atoms with Crippen molar-refractivity contribution in [3.63, 3.8) is 0 Å². The van der Waals surface area contributed by atoms with Gasteiger partial charge in [0.1, 0.15) is 0 Å². The van der Waals surface area contributed by atoms with Gasteiger partial charge in [0, 0.05) is 5.38 Å². The van der Waals surface area contributed by atoms with Gasteiger partial charge in [0.2, 0.25) is 5.95 Å². The maximum Gasteiger partial charge on any atom is 0.212 e. The second kappa shape index (κ2) is 4.56. The molecule has 0 saturated heterocycles. The summed E-state index contributed by atoms with van der Waals surface area (Å²) in [6.07, 6.45) is 0.664. The van der Waals surface area contributed by atoms with Crippen molar-refractivity contribution in [3.05, 3.63) is 40.3 Å². The molecule has 0 radical (unpaired) electrons. The lowest BCUT2D eigenvalue weighted by Crippen LogP contribution is -2.31. The molecule has 1 aliphatic rings. The van der Waals surface area contributed by atoms with Crippen LogP contribution in [0.25, 0.3) is 11.0 Å². The van der Waals surface area contributed by atoms with Crippen molar-refractivity contribution in [1.82, 2.24) is 14.5 Å². The highest BCUT2D eigenvalue weighted by atomic mass is 32.1. The van der Waals surface area contributed by atoms with Gasteiger partial charge in [-0.05, 0) is 18.6 Å². The minimum Gasteiger partial charge on any atom is -0.370 e. The number of thiazole rings is 1. The highest BCUT2D eigenvalue weighted by Gasteiger charge is 2.26.